The van der Waals surface area contributed by atoms with Crippen molar-refractivity contribution in [2.24, 2.45) is 0 Å². The third-order valence-corrected chi connectivity index (χ3v) is 6.50. The van der Waals surface area contributed by atoms with Gasteiger partial charge in [0.25, 0.3) is 5.91 Å². The molecule has 0 saturated carbocycles. The topological polar surface area (TPSA) is 128 Å². The smallest absolute Gasteiger partial charge is 0.256 e. The molecule has 4 heterocycles. The number of nitrogens with one attached hydrogen (secondary N) is 1. The first kappa shape index (κ1) is 24.0. The van der Waals surface area contributed by atoms with Crippen molar-refractivity contribution in [1.82, 2.24) is 24.6 Å². The van der Waals surface area contributed by atoms with Crippen LogP contribution in [0.1, 0.15) is 29.2 Å². The van der Waals surface area contributed by atoms with E-state index in [1.54, 1.807) is 60.8 Å². The Morgan fingerprint density at radius 2 is 2.05 bits per heavy atom. The number of hydrogen-bond donors (Lipinski definition) is 2. The highest BCUT2D eigenvalue weighted by atomic mass is 16.5. The van der Waals surface area contributed by atoms with Crippen LogP contribution < -0.4 is 15.8 Å². The molecule has 5 rings (SSSR count). The number of fused-ring (bicyclic) bond motifs is 1. The zero-order valence-corrected chi connectivity index (χ0v) is 20.4. The fourth-order valence-electron chi connectivity index (χ4n) is 4.72. The molecule has 0 aliphatic carbocycles. The van der Waals surface area contributed by atoms with Crippen molar-refractivity contribution in [3.63, 3.8) is 0 Å². The second-order valence-electron chi connectivity index (χ2n) is 8.75. The molecule has 0 bridgehead atoms. The molecule has 3 aromatic heterocycles. The zero-order chi connectivity index (χ0) is 25.9. The van der Waals surface area contributed by atoms with E-state index in [0.29, 0.717) is 52.7 Å². The first-order valence-electron chi connectivity index (χ1n) is 11.9. The number of nitrogens with zero attached hydrogens (tertiary/aromatic N) is 5. The number of methoxy groups -OCH3 is 1. The molecule has 1 aliphatic rings. The molecule has 1 fully saturated rings. The van der Waals surface area contributed by atoms with Gasteiger partial charge in [0, 0.05) is 36.6 Å². The molecular formula is C27H27N7O3. The summed E-state index contributed by atoms with van der Waals surface area (Å²) in [5.74, 6) is 0.858. The van der Waals surface area contributed by atoms with Gasteiger partial charge < -0.3 is 20.7 Å². The summed E-state index contributed by atoms with van der Waals surface area (Å²) >= 11 is 0. The largest absolute Gasteiger partial charge is 0.496 e. The maximum atomic E-state index is 12.8. The van der Waals surface area contributed by atoms with E-state index in [4.69, 9.17) is 15.6 Å². The molecule has 10 heteroatoms. The fraction of sp³-hybridized carbons (Fsp3) is 0.222. The number of amides is 2. The van der Waals surface area contributed by atoms with Crippen LogP contribution in [0.2, 0.25) is 0 Å². The molecule has 1 aromatic carbocycles. The lowest BCUT2D eigenvalue weighted by Crippen LogP contribution is -2.40. The van der Waals surface area contributed by atoms with E-state index in [1.807, 2.05) is 10.7 Å². The molecule has 1 unspecified atom stereocenters. The number of carbonyl (C=O) groups excluding carboxylic acids is 2. The zero-order valence-electron chi connectivity index (χ0n) is 20.4. The predicted octanol–water partition coefficient (Wildman–Crippen LogP) is 3.69. The number of piperidine rings is 1. The lowest BCUT2D eigenvalue weighted by molar-refractivity contribution is -0.127. The average molecular weight is 498 g/mol. The van der Waals surface area contributed by atoms with Gasteiger partial charge in [-0.25, -0.2) is 9.97 Å². The number of ether oxygens (including phenoxy) is 1. The number of aromatic nitrogens is 4. The van der Waals surface area contributed by atoms with Gasteiger partial charge in [-0.1, -0.05) is 12.6 Å². The molecule has 4 aromatic rings. The van der Waals surface area contributed by atoms with Gasteiger partial charge in [0.05, 0.1) is 24.1 Å². The number of hydrogen-bond acceptors (Lipinski definition) is 7. The highest BCUT2D eigenvalue weighted by Crippen LogP contribution is 2.39. The van der Waals surface area contributed by atoms with E-state index in [-0.39, 0.29) is 17.9 Å². The minimum atomic E-state index is -0.311. The van der Waals surface area contributed by atoms with Gasteiger partial charge in [0.1, 0.15) is 23.1 Å². The lowest BCUT2D eigenvalue weighted by Gasteiger charge is -2.32. The normalized spacial score (nSPS) is 15.4. The van der Waals surface area contributed by atoms with Crippen LogP contribution in [0.4, 0.5) is 11.6 Å². The maximum Gasteiger partial charge on any atom is 0.256 e. The van der Waals surface area contributed by atoms with Gasteiger partial charge in [0.15, 0.2) is 0 Å². The second-order valence-corrected chi connectivity index (χ2v) is 8.75. The van der Waals surface area contributed by atoms with Crippen LogP contribution >= 0.6 is 0 Å². The minimum absolute atomic E-state index is 0.0369. The number of anilines is 2. The summed E-state index contributed by atoms with van der Waals surface area (Å²) in [6, 6.07) is 12.3. The molecule has 0 radical (unpaired) electrons. The summed E-state index contributed by atoms with van der Waals surface area (Å²) in [5, 5.41) is 8.43. The van der Waals surface area contributed by atoms with Gasteiger partial charge in [-0.05, 0) is 55.3 Å². The van der Waals surface area contributed by atoms with E-state index in [0.717, 1.165) is 18.4 Å². The Morgan fingerprint density at radius 3 is 2.81 bits per heavy atom. The molecule has 10 nitrogen and oxygen atoms in total. The van der Waals surface area contributed by atoms with E-state index in [1.165, 1.54) is 6.08 Å². The number of rotatable bonds is 6. The first-order valence-corrected chi connectivity index (χ1v) is 11.9. The van der Waals surface area contributed by atoms with Crippen LogP contribution in [-0.2, 0) is 4.79 Å². The maximum absolute atomic E-state index is 12.8. The Labute approximate surface area is 213 Å². The summed E-state index contributed by atoms with van der Waals surface area (Å²) in [6.07, 6.45) is 6.32. The molecule has 2 amide bonds. The SMILES string of the molecule is C=CC(=O)N1CCCC(n2nc(-c3ccc(C(=O)Nc4ccccn4)cc3OC)c3c(N)nccc32)C1. The highest BCUT2D eigenvalue weighted by Gasteiger charge is 2.28. The third kappa shape index (κ3) is 4.61. The first-order chi connectivity index (χ1) is 18.0. The summed E-state index contributed by atoms with van der Waals surface area (Å²) in [4.78, 5) is 35.3. The number of nitrogens with two attached hydrogens (primary N) is 1. The Kier molecular flexibility index (Phi) is 6.55. The predicted molar refractivity (Wildman–Crippen MR) is 141 cm³/mol. The van der Waals surface area contributed by atoms with E-state index in [2.05, 4.69) is 21.9 Å². The molecular weight excluding hydrogens is 470 g/mol. The van der Waals surface area contributed by atoms with Crippen molar-refractivity contribution in [3.8, 4) is 17.0 Å². The van der Waals surface area contributed by atoms with Crippen molar-refractivity contribution < 1.29 is 14.3 Å². The van der Waals surface area contributed by atoms with Crippen LogP contribution in [0.15, 0.2) is 67.5 Å². The Balaban J connectivity index is 1.54. The number of carbonyl (C=O) groups is 2. The average Bonchev–Trinajstić information content (AvgIpc) is 3.33. The van der Waals surface area contributed by atoms with Gasteiger partial charge in [-0.2, -0.15) is 5.10 Å². The van der Waals surface area contributed by atoms with Crippen LogP contribution in [0.25, 0.3) is 22.2 Å². The van der Waals surface area contributed by atoms with Gasteiger partial charge in [-0.3, -0.25) is 14.3 Å². The number of benzene rings is 1. The van der Waals surface area contributed by atoms with Crippen LogP contribution in [0.5, 0.6) is 5.75 Å². The summed E-state index contributed by atoms with van der Waals surface area (Å²) < 4.78 is 7.60. The highest BCUT2D eigenvalue weighted by molar-refractivity contribution is 6.06. The molecule has 0 spiro atoms. The Bertz CT molecular complexity index is 1480. The minimum Gasteiger partial charge on any atom is -0.496 e. The van der Waals surface area contributed by atoms with E-state index in [9.17, 15) is 9.59 Å². The summed E-state index contributed by atoms with van der Waals surface area (Å²) in [7, 11) is 1.54. The van der Waals surface area contributed by atoms with Crippen LogP contribution in [-0.4, -0.2) is 56.7 Å². The molecule has 3 N–H and O–H groups in total. The van der Waals surface area contributed by atoms with Gasteiger partial charge in [-0.15, -0.1) is 0 Å². The monoisotopic (exact) mass is 497 g/mol. The Hall–Kier alpha value is -4.73. The van der Waals surface area contributed by atoms with Crippen LogP contribution in [0, 0.1) is 0 Å². The quantitative estimate of drug-likeness (QED) is 0.389. The van der Waals surface area contributed by atoms with E-state index >= 15 is 0 Å². The molecule has 188 valence electrons. The molecule has 37 heavy (non-hydrogen) atoms. The standard InChI is InChI=1S/C27H27N7O3/c1-3-23(35)33-14-6-7-18(16-33)34-20-11-13-30-26(28)24(20)25(32-34)19-10-9-17(15-21(19)37-2)27(36)31-22-8-4-5-12-29-22/h3-5,8-13,15,18H,1,6-7,14,16H2,2H3,(H2,28,30)(H,29,31,36). The number of nitrogen functional groups attached to an aromatic ring is 1. The Morgan fingerprint density at radius 1 is 1.19 bits per heavy atom. The molecule has 1 aliphatic heterocycles. The van der Waals surface area contributed by atoms with Crippen molar-refractivity contribution in [3.05, 3.63) is 73.1 Å². The van der Waals surface area contributed by atoms with E-state index < -0.39 is 0 Å². The number of pyridine rings is 2. The van der Waals surface area contributed by atoms with Crippen molar-refractivity contribution in [2.75, 3.05) is 31.2 Å². The van der Waals surface area contributed by atoms with Crippen LogP contribution in [0.3, 0.4) is 0 Å². The summed E-state index contributed by atoms with van der Waals surface area (Å²) in [5.41, 5.74) is 8.84. The molecule has 1 saturated heterocycles. The van der Waals surface area contributed by atoms with Gasteiger partial charge >= 0.3 is 0 Å². The second kappa shape index (κ2) is 10.1. The lowest BCUT2D eigenvalue weighted by atomic mass is 10.0. The van der Waals surface area contributed by atoms with Crippen molar-refractivity contribution in [1.29, 1.82) is 0 Å². The molecule has 1 atom stereocenters. The van der Waals surface area contributed by atoms with Gasteiger partial charge in [0.2, 0.25) is 5.91 Å². The fourth-order valence-corrected chi connectivity index (χ4v) is 4.72. The van der Waals surface area contributed by atoms with Crippen molar-refractivity contribution >= 4 is 34.4 Å². The van der Waals surface area contributed by atoms with Crippen molar-refractivity contribution in [2.45, 2.75) is 18.9 Å². The summed E-state index contributed by atoms with van der Waals surface area (Å²) in [6.45, 7) is 4.82. The third-order valence-electron chi connectivity index (χ3n) is 6.50. The number of likely N-dealkylation sites (tertiary alicyclic amines) is 1.